The van der Waals surface area contributed by atoms with Crippen LogP contribution in [0.1, 0.15) is 25.5 Å². The van der Waals surface area contributed by atoms with E-state index in [-0.39, 0.29) is 17.4 Å². The highest BCUT2D eigenvalue weighted by atomic mass is 19.1. The molecule has 0 aromatic carbocycles. The quantitative estimate of drug-likeness (QED) is 0.570. The molecule has 0 bridgehead atoms. The third kappa shape index (κ3) is 4.82. The lowest BCUT2D eigenvalue weighted by atomic mass is 9.91. The normalized spacial score (nSPS) is 14.4. The number of urea groups is 1. The third-order valence-corrected chi connectivity index (χ3v) is 5.42. The minimum absolute atomic E-state index is 0.135. The molecule has 32 heavy (non-hydrogen) atoms. The average Bonchev–Trinajstić information content (AvgIpc) is 3.32. The minimum Gasteiger partial charge on any atom is -0.368 e. The number of aromatic nitrogens is 5. The van der Waals surface area contributed by atoms with Crippen molar-refractivity contribution in [1.82, 2.24) is 30.0 Å². The monoisotopic (exact) mass is 442 g/mol. The molecule has 0 aliphatic carbocycles. The zero-order chi connectivity index (χ0) is 22.5. The van der Waals surface area contributed by atoms with Gasteiger partial charge in [0.15, 0.2) is 17.5 Å². The van der Waals surface area contributed by atoms with Crippen molar-refractivity contribution in [2.24, 2.45) is 5.92 Å². The van der Waals surface area contributed by atoms with Gasteiger partial charge in [0, 0.05) is 32.0 Å². The van der Waals surface area contributed by atoms with Gasteiger partial charge in [0.25, 0.3) is 0 Å². The van der Waals surface area contributed by atoms with Crippen molar-refractivity contribution in [2.75, 3.05) is 29.9 Å². The molecular weight excluding hydrogens is 418 g/mol. The zero-order valence-electron chi connectivity index (χ0n) is 17.6. The summed E-state index contributed by atoms with van der Waals surface area (Å²) < 4.78 is 30.9. The Morgan fingerprint density at radius 3 is 2.72 bits per heavy atom. The highest BCUT2D eigenvalue weighted by molar-refractivity contribution is 5.88. The molecule has 9 nitrogen and oxygen atoms in total. The van der Waals surface area contributed by atoms with E-state index in [1.807, 2.05) is 4.90 Å². The fourth-order valence-corrected chi connectivity index (χ4v) is 3.78. The van der Waals surface area contributed by atoms with Crippen LogP contribution in [0.15, 0.2) is 36.9 Å². The van der Waals surface area contributed by atoms with Crippen LogP contribution < -0.4 is 15.5 Å². The van der Waals surface area contributed by atoms with Gasteiger partial charge in [-0.3, -0.25) is 5.32 Å². The lowest BCUT2D eigenvalue weighted by Crippen LogP contribution is -2.35. The number of carbonyl (C=O) groups excluding carboxylic acids is 1. The summed E-state index contributed by atoms with van der Waals surface area (Å²) >= 11 is 0. The first-order valence-corrected chi connectivity index (χ1v) is 10.5. The number of nitrogens with zero attached hydrogens (tertiary/aromatic N) is 6. The van der Waals surface area contributed by atoms with E-state index >= 15 is 0 Å². The minimum atomic E-state index is -0.620. The molecule has 1 aliphatic heterocycles. The molecule has 3 aromatic rings. The first kappa shape index (κ1) is 21.6. The van der Waals surface area contributed by atoms with Crippen LogP contribution in [0.3, 0.4) is 0 Å². The largest absolute Gasteiger partial charge is 0.368 e. The van der Waals surface area contributed by atoms with Crippen LogP contribution in [-0.2, 0) is 6.42 Å². The number of anilines is 2. The molecule has 0 saturated carbocycles. The summed E-state index contributed by atoms with van der Waals surface area (Å²) in [6.45, 7) is 3.44. The van der Waals surface area contributed by atoms with E-state index in [2.05, 4.69) is 30.7 Å². The maximum Gasteiger partial charge on any atom is 0.320 e. The first-order valence-electron chi connectivity index (χ1n) is 10.5. The average molecular weight is 442 g/mol. The smallest absolute Gasteiger partial charge is 0.320 e. The van der Waals surface area contributed by atoms with Crippen molar-refractivity contribution in [3.63, 3.8) is 0 Å². The molecule has 0 atom stereocenters. The molecule has 3 aromatic heterocycles. The van der Waals surface area contributed by atoms with E-state index in [0.29, 0.717) is 37.6 Å². The van der Waals surface area contributed by atoms with E-state index in [0.717, 1.165) is 12.8 Å². The number of halogens is 2. The summed E-state index contributed by atoms with van der Waals surface area (Å²) in [4.78, 5) is 25.5. The molecule has 4 heterocycles. The summed E-state index contributed by atoms with van der Waals surface area (Å²) in [7, 11) is 0. The van der Waals surface area contributed by atoms with Crippen molar-refractivity contribution in [3.8, 4) is 5.82 Å². The SMILES string of the molecule is CCNC(=O)Nc1ncnc(CC2CCN(c3ccc(-n4cccn4)nc3F)CC2)c1F. The van der Waals surface area contributed by atoms with Gasteiger partial charge in [-0.15, -0.1) is 0 Å². The van der Waals surface area contributed by atoms with Gasteiger partial charge < -0.3 is 10.2 Å². The number of hydrogen-bond acceptors (Lipinski definition) is 6. The molecular formula is C21H24F2N8O. The van der Waals surface area contributed by atoms with E-state index in [9.17, 15) is 13.6 Å². The molecule has 1 fully saturated rings. The van der Waals surface area contributed by atoms with Crippen LogP contribution in [0.5, 0.6) is 0 Å². The number of hydrogen-bond donors (Lipinski definition) is 2. The van der Waals surface area contributed by atoms with Gasteiger partial charge >= 0.3 is 6.03 Å². The second-order valence-corrected chi connectivity index (χ2v) is 7.53. The van der Waals surface area contributed by atoms with Gasteiger partial charge in [-0.2, -0.15) is 14.5 Å². The Labute approximate surface area is 183 Å². The first-order chi connectivity index (χ1) is 15.5. The number of piperidine rings is 1. The number of nitrogens with one attached hydrogen (secondary N) is 2. The zero-order valence-corrected chi connectivity index (χ0v) is 17.6. The van der Waals surface area contributed by atoms with Crippen LogP contribution in [0.2, 0.25) is 0 Å². The van der Waals surface area contributed by atoms with Crippen molar-refractivity contribution in [3.05, 3.63) is 54.4 Å². The second kappa shape index (κ2) is 9.67. The van der Waals surface area contributed by atoms with Gasteiger partial charge in [0.1, 0.15) is 6.33 Å². The fourth-order valence-electron chi connectivity index (χ4n) is 3.78. The summed E-state index contributed by atoms with van der Waals surface area (Å²) in [5.41, 5.74) is 0.711. The Morgan fingerprint density at radius 1 is 1.22 bits per heavy atom. The summed E-state index contributed by atoms with van der Waals surface area (Å²) in [5, 5.41) is 9.00. The van der Waals surface area contributed by atoms with Gasteiger partial charge in [-0.25, -0.2) is 23.8 Å². The number of carbonyl (C=O) groups is 1. The highest BCUT2D eigenvalue weighted by Gasteiger charge is 2.24. The van der Waals surface area contributed by atoms with E-state index < -0.39 is 17.8 Å². The number of pyridine rings is 1. The summed E-state index contributed by atoms with van der Waals surface area (Å²) in [6.07, 6.45) is 6.49. The molecule has 1 aliphatic rings. The topological polar surface area (TPSA) is 101 Å². The summed E-state index contributed by atoms with van der Waals surface area (Å²) in [5.74, 6) is -0.691. The van der Waals surface area contributed by atoms with Crippen LogP contribution in [0.25, 0.3) is 5.82 Å². The van der Waals surface area contributed by atoms with Crippen molar-refractivity contribution in [1.29, 1.82) is 0 Å². The molecule has 1 saturated heterocycles. The van der Waals surface area contributed by atoms with Gasteiger partial charge in [-0.05, 0) is 50.3 Å². The lowest BCUT2D eigenvalue weighted by molar-refractivity contribution is 0.252. The van der Waals surface area contributed by atoms with Crippen molar-refractivity contribution in [2.45, 2.75) is 26.2 Å². The maximum atomic E-state index is 14.7. The summed E-state index contributed by atoms with van der Waals surface area (Å²) in [6, 6.07) is 4.68. The standard InChI is InChI=1S/C21H24F2N8O/c1-2-24-21(32)29-20-18(22)15(25-13-26-20)12-14-6-10-30(11-7-14)16-4-5-17(28-19(16)23)31-9-3-8-27-31/h3-5,8-9,13-14H,2,6-7,10-12H2,1H3,(H2,24,25,26,29,32). The van der Waals surface area contributed by atoms with E-state index in [1.165, 1.54) is 11.0 Å². The van der Waals surface area contributed by atoms with E-state index in [1.54, 1.807) is 37.5 Å². The van der Waals surface area contributed by atoms with Crippen LogP contribution in [0.4, 0.5) is 25.1 Å². The fraction of sp³-hybridized carbons (Fsp3) is 0.381. The van der Waals surface area contributed by atoms with Crippen LogP contribution in [0, 0.1) is 17.7 Å². The Balaban J connectivity index is 1.37. The van der Waals surface area contributed by atoms with Crippen molar-refractivity contribution < 1.29 is 13.6 Å². The Morgan fingerprint density at radius 2 is 2.03 bits per heavy atom. The molecule has 0 spiro atoms. The molecule has 11 heteroatoms. The molecule has 0 radical (unpaired) electrons. The Kier molecular flexibility index (Phi) is 6.52. The lowest BCUT2D eigenvalue weighted by Gasteiger charge is -2.33. The number of amides is 2. The predicted octanol–water partition coefficient (Wildman–Crippen LogP) is 2.94. The molecule has 0 unspecified atom stereocenters. The second-order valence-electron chi connectivity index (χ2n) is 7.53. The highest BCUT2D eigenvalue weighted by Crippen LogP contribution is 2.28. The van der Waals surface area contributed by atoms with E-state index in [4.69, 9.17) is 0 Å². The Bertz CT molecular complexity index is 1070. The molecule has 2 amide bonds. The van der Waals surface area contributed by atoms with Gasteiger partial charge in [-0.1, -0.05) is 0 Å². The molecule has 2 N–H and O–H groups in total. The Hall–Kier alpha value is -3.63. The van der Waals surface area contributed by atoms with Gasteiger partial charge in [0.2, 0.25) is 5.95 Å². The van der Waals surface area contributed by atoms with Crippen molar-refractivity contribution >= 4 is 17.5 Å². The number of rotatable bonds is 6. The maximum absolute atomic E-state index is 14.7. The molecule has 4 rings (SSSR count). The third-order valence-electron chi connectivity index (χ3n) is 5.42. The van der Waals surface area contributed by atoms with Crippen LogP contribution in [-0.4, -0.2) is 50.4 Å². The predicted molar refractivity (Wildman–Crippen MR) is 115 cm³/mol. The van der Waals surface area contributed by atoms with Crippen LogP contribution >= 0.6 is 0 Å². The van der Waals surface area contributed by atoms with Gasteiger partial charge in [0.05, 0.1) is 11.4 Å². The molecule has 168 valence electrons.